The van der Waals surface area contributed by atoms with E-state index < -0.39 is 0 Å². The number of carbonyl (C=O) groups excluding carboxylic acids is 1. The lowest BCUT2D eigenvalue weighted by Crippen LogP contribution is -2.37. The molecule has 1 aromatic heterocycles. The van der Waals surface area contributed by atoms with E-state index in [0.717, 1.165) is 24.5 Å². The van der Waals surface area contributed by atoms with Crippen LogP contribution < -0.4 is 4.90 Å². The molecule has 16 heavy (non-hydrogen) atoms. The van der Waals surface area contributed by atoms with Crippen molar-refractivity contribution in [1.82, 2.24) is 9.78 Å². The van der Waals surface area contributed by atoms with E-state index in [0.29, 0.717) is 18.5 Å². The van der Waals surface area contributed by atoms with Crippen LogP contribution in [0.5, 0.6) is 0 Å². The van der Waals surface area contributed by atoms with Crippen molar-refractivity contribution in [3.63, 3.8) is 0 Å². The SMILES string of the molecule is Cc1nn(C)c(N2CCCC(=O)C2)c1C#N. The van der Waals surface area contributed by atoms with Crippen molar-refractivity contribution in [2.45, 2.75) is 19.8 Å². The second-order valence-corrected chi connectivity index (χ2v) is 4.08. The summed E-state index contributed by atoms with van der Waals surface area (Å²) in [6, 6.07) is 2.16. The molecule has 0 spiro atoms. The molecule has 0 unspecified atom stereocenters. The van der Waals surface area contributed by atoms with Gasteiger partial charge in [-0.3, -0.25) is 9.48 Å². The van der Waals surface area contributed by atoms with Crippen molar-refractivity contribution in [2.75, 3.05) is 18.0 Å². The summed E-state index contributed by atoms with van der Waals surface area (Å²) in [5.74, 6) is 1.00. The fourth-order valence-corrected chi connectivity index (χ4v) is 2.16. The number of rotatable bonds is 1. The van der Waals surface area contributed by atoms with Gasteiger partial charge in [0.15, 0.2) is 5.78 Å². The molecule has 0 saturated carbocycles. The highest BCUT2D eigenvalue weighted by Crippen LogP contribution is 2.24. The molecule has 5 nitrogen and oxygen atoms in total. The average molecular weight is 218 g/mol. The molecule has 5 heteroatoms. The fourth-order valence-electron chi connectivity index (χ4n) is 2.16. The van der Waals surface area contributed by atoms with E-state index in [1.807, 2.05) is 18.9 Å². The first kappa shape index (κ1) is 10.7. The summed E-state index contributed by atoms with van der Waals surface area (Å²) in [4.78, 5) is 13.4. The highest BCUT2D eigenvalue weighted by atomic mass is 16.1. The maximum absolute atomic E-state index is 11.4. The van der Waals surface area contributed by atoms with Gasteiger partial charge in [0.1, 0.15) is 17.5 Å². The van der Waals surface area contributed by atoms with Gasteiger partial charge in [0.25, 0.3) is 0 Å². The number of piperidine rings is 1. The summed E-state index contributed by atoms with van der Waals surface area (Å²) in [6.07, 6.45) is 1.50. The van der Waals surface area contributed by atoms with Gasteiger partial charge in [0.2, 0.25) is 0 Å². The summed E-state index contributed by atoms with van der Waals surface area (Å²) in [5.41, 5.74) is 1.30. The van der Waals surface area contributed by atoms with Gasteiger partial charge in [-0.1, -0.05) is 0 Å². The Labute approximate surface area is 94.3 Å². The zero-order valence-corrected chi connectivity index (χ0v) is 9.53. The van der Waals surface area contributed by atoms with Crippen LogP contribution in [-0.2, 0) is 11.8 Å². The van der Waals surface area contributed by atoms with Crippen LogP contribution in [0.1, 0.15) is 24.1 Å². The van der Waals surface area contributed by atoms with Crippen molar-refractivity contribution >= 4 is 11.6 Å². The Hall–Kier alpha value is -1.83. The minimum absolute atomic E-state index is 0.231. The zero-order chi connectivity index (χ0) is 11.7. The number of aryl methyl sites for hydroxylation is 2. The molecule has 0 bridgehead atoms. The third-order valence-corrected chi connectivity index (χ3v) is 2.85. The van der Waals surface area contributed by atoms with Gasteiger partial charge in [0.05, 0.1) is 12.2 Å². The third-order valence-electron chi connectivity index (χ3n) is 2.85. The van der Waals surface area contributed by atoms with Crippen molar-refractivity contribution < 1.29 is 4.79 Å². The molecule has 0 atom stereocenters. The number of ketones is 1. The van der Waals surface area contributed by atoms with Crippen LogP contribution in [0.15, 0.2) is 0 Å². The standard InChI is InChI=1S/C11H14N4O/c1-8-10(6-12)11(14(2)13-8)15-5-3-4-9(16)7-15/h3-5,7H2,1-2H3. The van der Waals surface area contributed by atoms with Crippen LogP contribution >= 0.6 is 0 Å². The minimum atomic E-state index is 0.231. The molecular weight excluding hydrogens is 204 g/mol. The summed E-state index contributed by atoms with van der Waals surface area (Å²) in [7, 11) is 1.81. The molecule has 0 aromatic carbocycles. The lowest BCUT2D eigenvalue weighted by Gasteiger charge is -2.27. The second-order valence-electron chi connectivity index (χ2n) is 4.08. The van der Waals surface area contributed by atoms with E-state index in [9.17, 15) is 4.79 Å². The van der Waals surface area contributed by atoms with Gasteiger partial charge in [-0.2, -0.15) is 10.4 Å². The lowest BCUT2D eigenvalue weighted by molar-refractivity contribution is -0.118. The van der Waals surface area contributed by atoms with Crippen LogP contribution in [-0.4, -0.2) is 28.7 Å². The van der Waals surface area contributed by atoms with Crippen LogP contribution in [0.4, 0.5) is 5.82 Å². The van der Waals surface area contributed by atoms with Gasteiger partial charge in [-0.05, 0) is 13.3 Å². The minimum Gasteiger partial charge on any atom is -0.348 e. The van der Waals surface area contributed by atoms with Gasteiger partial charge < -0.3 is 4.90 Å². The average Bonchev–Trinajstić information content (AvgIpc) is 2.52. The Bertz CT molecular complexity index is 469. The van der Waals surface area contributed by atoms with Gasteiger partial charge >= 0.3 is 0 Å². The van der Waals surface area contributed by atoms with E-state index in [1.54, 1.807) is 4.68 Å². The molecule has 1 aliphatic rings. The molecule has 0 radical (unpaired) electrons. The van der Waals surface area contributed by atoms with E-state index >= 15 is 0 Å². The number of Topliss-reactive ketones (excluding diaryl/α,β-unsaturated/α-hetero) is 1. The maximum Gasteiger partial charge on any atom is 0.152 e. The first-order chi connectivity index (χ1) is 7.63. The Morgan fingerprint density at radius 3 is 2.88 bits per heavy atom. The quantitative estimate of drug-likeness (QED) is 0.698. The molecule has 0 amide bonds. The normalized spacial score (nSPS) is 16.3. The van der Waals surface area contributed by atoms with Gasteiger partial charge in [-0.15, -0.1) is 0 Å². The van der Waals surface area contributed by atoms with Crippen molar-refractivity contribution in [1.29, 1.82) is 5.26 Å². The molecule has 1 fully saturated rings. The molecule has 0 N–H and O–H groups in total. The smallest absolute Gasteiger partial charge is 0.152 e. The fraction of sp³-hybridized carbons (Fsp3) is 0.545. The maximum atomic E-state index is 11.4. The highest BCUT2D eigenvalue weighted by Gasteiger charge is 2.23. The molecule has 2 rings (SSSR count). The van der Waals surface area contributed by atoms with Crippen molar-refractivity contribution in [3.05, 3.63) is 11.3 Å². The lowest BCUT2D eigenvalue weighted by atomic mass is 10.1. The number of nitriles is 1. The number of carbonyl (C=O) groups is 1. The van der Waals surface area contributed by atoms with Crippen LogP contribution in [0.25, 0.3) is 0 Å². The first-order valence-electron chi connectivity index (χ1n) is 5.34. The van der Waals surface area contributed by atoms with Gasteiger partial charge in [0, 0.05) is 20.0 Å². The molecule has 0 aliphatic carbocycles. The van der Waals surface area contributed by atoms with E-state index in [-0.39, 0.29) is 5.78 Å². The number of hydrogen-bond donors (Lipinski definition) is 0. The van der Waals surface area contributed by atoms with Crippen molar-refractivity contribution in [3.8, 4) is 6.07 Å². The number of nitrogens with zero attached hydrogens (tertiary/aromatic N) is 4. The second kappa shape index (κ2) is 3.97. The topological polar surface area (TPSA) is 61.9 Å². The molecule has 1 aliphatic heterocycles. The summed E-state index contributed by atoms with van der Waals surface area (Å²) < 4.78 is 1.69. The first-order valence-corrected chi connectivity index (χ1v) is 5.34. The molecule has 84 valence electrons. The van der Waals surface area contributed by atoms with E-state index in [4.69, 9.17) is 5.26 Å². The number of aromatic nitrogens is 2. The van der Waals surface area contributed by atoms with Crippen LogP contribution in [0, 0.1) is 18.3 Å². The Balaban J connectivity index is 2.39. The third kappa shape index (κ3) is 1.67. The predicted molar refractivity (Wildman–Crippen MR) is 59.1 cm³/mol. The van der Waals surface area contributed by atoms with Gasteiger partial charge in [-0.25, -0.2) is 0 Å². The molecule has 1 aromatic rings. The summed E-state index contributed by atoms with van der Waals surface area (Å²) >= 11 is 0. The molecular formula is C11H14N4O. The molecule has 2 heterocycles. The summed E-state index contributed by atoms with van der Waals surface area (Å²) in [5, 5.41) is 13.3. The van der Waals surface area contributed by atoms with E-state index in [1.165, 1.54) is 0 Å². The Morgan fingerprint density at radius 1 is 1.50 bits per heavy atom. The number of hydrogen-bond acceptors (Lipinski definition) is 4. The largest absolute Gasteiger partial charge is 0.348 e. The highest BCUT2D eigenvalue weighted by molar-refractivity contribution is 5.84. The Morgan fingerprint density at radius 2 is 2.25 bits per heavy atom. The Kier molecular flexibility index (Phi) is 2.65. The predicted octanol–water partition coefficient (Wildman–Crippen LogP) is 0.769. The van der Waals surface area contributed by atoms with Crippen molar-refractivity contribution in [2.24, 2.45) is 7.05 Å². The number of anilines is 1. The van der Waals surface area contributed by atoms with Crippen LogP contribution in [0.3, 0.4) is 0 Å². The summed E-state index contributed by atoms with van der Waals surface area (Å²) in [6.45, 7) is 3.03. The van der Waals surface area contributed by atoms with E-state index in [2.05, 4.69) is 11.2 Å². The molecule has 1 saturated heterocycles. The monoisotopic (exact) mass is 218 g/mol. The van der Waals surface area contributed by atoms with Crippen LogP contribution in [0.2, 0.25) is 0 Å². The zero-order valence-electron chi connectivity index (χ0n) is 9.53.